The molecule has 0 spiro atoms. The monoisotopic (exact) mass is 382 g/mol. The lowest BCUT2D eigenvalue weighted by Gasteiger charge is -2.32. The third-order valence-electron chi connectivity index (χ3n) is 5.42. The van der Waals surface area contributed by atoms with Gasteiger partial charge < -0.3 is 14.0 Å². The highest BCUT2D eigenvalue weighted by atomic mass is 16.7. The first-order valence-corrected chi connectivity index (χ1v) is 9.41. The van der Waals surface area contributed by atoms with Crippen molar-refractivity contribution in [2.45, 2.75) is 72.2 Å². The van der Waals surface area contributed by atoms with E-state index in [1.807, 2.05) is 67.5 Å². The highest BCUT2D eigenvalue weighted by molar-refractivity contribution is 6.65. The van der Waals surface area contributed by atoms with E-state index in [1.165, 1.54) is 4.57 Å². The summed E-state index contributed by atoms with van der Waals surface area (Å²) in [6, 6.07) is 5.99. The number of nitriles is 1. The van der Waals surface area contributed by atoms with Crippen LogP contribution in [0.3, 0.4) is 0 Å². The lowest BCUT2D eigenvalue weighted by Crippen LogP contribution is -2.41. The van der Waals surface area contributed by atoms with Gasteiger partial charge in [0.15, 0.2) is 0 Å². The largest absolute Gasteiger partial charge is 0.497 e. The molecule has 0 radical (unpaired) electrons. The number of hydrogen-bond donors (Lipinski definition) is 0. The number of carbonyl (C=O) groups excluding carboxylic acids is 1. The Hall–Kier alpha value is -2.30. The van der Waals surface area contributed by atoms with E-state index < -0.39 is 30.0 Å². The summed E-state index contributed by atoms with van der Waals surface area (Å²) in [5, 5.41) is 10.5. The molecule has 1 aromatic carbocycles. The Morgan fingerprint density at radius 3 is 2.25 bits per heavy atom. The number of nitrogens with zero attached hydrogens (tertiary/aromatic N) is 2. The van der Waals surface area contributed by atoms with Crippen molar-refractivity contribution in [2.24, 2.45) is 0 Å². The Morgan fingerprint density at radius 2 is 1.75 bits per heavy atom. The number of carbonyl (C=O) groups is 1. The molecule has 1 saturated heterocycles. The van der Waals surface area contributed by atoms with E-state index in [1.54, 1.807) is 6.20 Å². The van der Waals surface area contributed by atoms with Crippen LogP contribution in [0.25, 0.3) is 10.9 Å². The van der Waals surface area contributed by atoms with Crippen LogP contribution in [-0.2, 0) is 14.0 Å². The Kier molecular flexibility index (Phi) is 4.65. The highest BCUT2D eigenvalue weighted by Crippen LogP contribution is 2.37. The van der Waals surface area contributed by atoms with Crippen LogP contribution >= 0.6 is 0 Å². The molecule has 7 heteroatoms. The molecule has 0 aliphatic carbocycles. The average Bonchev–Trinajstić information content (AvgIpc) is 3.00. The maximum absolute atomic E-state index is 12.9. The van der Waals surface area contributed by atoms with Gasteiger partial charge in [0.05, 0.1) is 22.3 Å². The average molecular weight is 382 g/mol. The fourth-order valence-electron chi connectivity index (χ4n) is 3.20. The number of rotatable bonds is 1. The van der Waals surface area contributed by atoms with E-state index in [2.05, 4.69) is 6.07 Å². The molecular weight excluding hydrogens is 355 g/mol. The molecule has 2 aromatic rings. The van der Waals surface area contributed by atoms with E-state index in [4.69, 9.17) is 14.0 Å². The minimum Gasteiger partial charge on any atom is -0.443 e. The van der Waals surface area contributed by atoms with Gasteiger partial charge in [-0.1, -0.05) is 12.1 Å². The molecule has 0 atom stereocenters. The predicted octanol–water partition coefficient (Wildman–Crippen LogP) is 3.90. The summed E-state index contributed by atoms with van der Waals surface area (Å²) in [4.78, 5) is 12.9. The summed E-state index contributed by atoms with van der Waals surface area (Å²) in [6.07, 6.45) is 1.13. The van der Waals surface area contributed by atoms with Crippen molar-refractivity contribution in [1.29, 1.82) is 5.26 Å². The number of ether oxygens (including phenoxy) is 1. The molecule has 0 bridgehead atoms. The quantitative estimate of drug-likeness (QED) is 0.700. The van der Waals surface area contributed by atoms with Gasteiger partial charge >= 0.3 is 13.2 Å². The number of aromatic nitrogens is 1. The van der Waals surface area contributed by atoms with Gasteiger partial charge in [-0.2, -0.15) is 5.26 Å². The van der Waals surface area contributed by atoms with Crippen LogP contribution in [-0.4, -0.2) is 34.6 Å². The first-order valence-electron chi connectivity index (χ1n) is 9.41. The molecule has 0 unspecified atom stereocenters. The SMILES string of the molecule is Cc1ccc2c(B3OC(C)(C)C(C)(C)O3)cn(C(=O)OC(C)(C)C)c2c1C#N. The van der Waals surface area contributed by atoms with Gasteiger partial charge in [0.25, 0.3) is 0 Å². The zero-order valence-corrected chi connectivity index (χ0v) is 17.8. The van der Waals surface area contributed by atoms with E-state index in [-0.39, 0.29) is 0 Å². The van der Waals surface area contributed by atoms with Gasteiger partial charge in [-0.25, -0.2) is 4.79 Å². The number of aryl methyl sites for hydroxylation is 1. The minimum absolute atomic E-state index is 0.436. The second-order valence-corrected chi connectivity index (χ2v) is 9.29. The van der Waals surface area contributed by atoms with Crippen molar-refractivity contribution in [3.63, 3.8) is 0 Å². The van der Waals surface area contributed by atoms with Crippen molar-refractivity contribution in [3.8, 4) is 6.07 Å². The van der Waals surface area contributed by atoms with Crippen LogP contribution in [0, 0.1) is 18.3 Å². The molecule has 0 saturated carbocycles. The van der Waals surface area contributed by atoms with Gasteiger partial charge in [-0.05, 0) is 61.0 Å². The standard InChI is InChI=1S/C21H27BN2O4/c1-13-9-10-14-16(22-27-20(5,6)21(7,8)28-22)12-24(17(14)15(13)11-23)18(25)26-19(2,3)4/h9-10,12H,1-8H3. The summed E-state index contributed by atoms with van der Waals surface area (Å²) in [6.45, 7) is 15.2. The highest BCUT2D eigenvalue weighted by Gasteiger charge is 2.52. The van der Waals surface area contributed by atoms with Crippen molar-refractivity contribution in [2.75, 3.05) is 0 Å². The smallest absolute Gasteiger partial charge is 0.443 e. The summed E-state index contributed by atoms with van der Waals surface area (Å²) in [5.74, 6) is 0. The fourth-order valence-corrected chi connectivity index (χ4v) is 3.20. The molecule has 0 amide bonds. The first-order chi connectivity index (χ1) is 12.8. The zero-order chi connectivity index (χ0) is 21.1. The molecule has 1 aliphatic heterocycles. The molecule has 1 fully saturated rings. The van der Waals surface area contributed by atoms with Crippen molar-refractivity contribution in [1.82, 2.24) is 4.57 Å². The molecule has 1 aliphatic rings. The van der Waals surface area contributed by atoms with Crippen LogP contribution in [0.2, 0.25) is 0 Å². The molecule has 148 valence electrons. The fraction of sp³-hybridized carbons (Fsp3) is 0.524. The molecule has 3 rings (SSSR count). The summed E-state index contributed by atoms with van der Waals surface area (Å²) in [7, 11) is -0.648. The zero-order valence-electron chi connectivity index (χ0n) is 17.8. The number of hydrogen-bond acceptors (Lipinski definition) is 5. The Balaban J connectivity index is 2.21. The van der Waals surface area contributed by atoms with Crippen molar-refractivity contribution in [3.05, 3.63) is 29.5 Å². The third kappa shape index (κ3) is 3.32. The Labute approximate surface area is 166 Å². The predicted molar refractivity (Wildman–Crippen MR) is 109 cm³/mol. The van der Waals surface area contributed by atoms with Crippen molar-refractivity contribution >= 4 is 29.6 Å². The second kappa shape index (κ2) is 6.36. The van der Waals surface area contributed by atoms with Gasteiger partial charge in [0.2, 0.25) is 0 Å². The van der Waals surface area contributed by atoms with Gasteiger partial charge in [-0.3, -0.25) is 4.57 Å². The second-order valence-electron chi connectivity index (χ2n) is 9.29. The molecule has 2 heterocycles. The van der Waals surface area contributed by atoms with Crippen LogP contribution in [0.15, 0.2) is 18.3 Å². The van der Waals surface area contributed by atoms with Crippen LogP contribution in [0.5, 0.6) is 0 Å². The van der Waals surface area contributed by atoms with Crippen molar-refractivity contribution < 1.29 is 18.8 Å². The third-order valence-corrected chi connectivity index (χ3v) is 5.42. The lowest BCUT2D eigenvalue weighted by molar-refractivity contribution is 0.00578. The summed E-state index contributed by atoms with van der Waals surface area (Å²) >= 11 is 0. The van der Waals surface area contributed by atoms with E-state index in [9.17, 15) is 10.1 Å². The first kappa shape index (κ1) is 20.4. The molecule has 0 N–H and O–H groups in total. The normalized spacial score (nSPS) is 18.3. The molecule has 28 heavy (non-hydrogen) atoms. The van der Waals surface area contributed by atoms with Crippen LogP contribution in [0.4, 0.5) is 4.79 Å². The lowest BCUT2D eigenvalue weighted by atomic mass is 9.78. The van der Waals surface area contributed by atoms with Gasteiger partial charge in [0.1, 0.15) is 11.7 Å². The van der Waals surface area contributed by atoms with E-state index >= 15 is 0 Å². The van der Waals surface area contributed by atoms with E-state index in [0.29, 0.717) is 16.5 Å². The van der Waals surface area contributed by atoms with Crippen LogP contribution < -0.4 is 5.46 Å². The number of benzene rings is 1. The topological polar surface area (TPSA) is 73.5 Å². The molecular formula is C21H27BN2O4. The summed E-state index contributed by atoms with van der Waals surface area (Å²) < 4.78 is 19.3. The van der Waals surface area contributed by atoms with Gasteiger partial charge in [0, 0.05) is 17.0 Å². The summed E-state index contributed by atoms with van der Waals surface area (Å²) in [5.41, 5.74) is 0.762. The number of fused-ring (bicyclic) bond motifs is 1. The maximum Gasteiger partial charge on any atom is 0.497 e. The van der Waals surface area contributed by atoms with Gasteiger partial charge in [-0.15, -0.1) is 0 Å². The maximum atomic E-state index is 12.9. The Bertz CT molecular complexity index is 976. The molecule has 1 aromatic heterocycles. The minimum atomic E-state index is -0.658. The van der Waals surface area contributed by atoms with E-state index in [0.717, 1.165) is 10.9 Å². The molecule has 6 nitrogen and oxygen atoms in total. The van der Waals surface area contributed by atoms with Crippen LogP contribution in [0.1, 0.15) is 59.6 Å². The Morgan fingerprint density at radius 1 is 1.18 bits per heavy atom.